The minimum absolute atomic E-state index is 0.0658. The first-order valence-corrected chi connectivity index (χ1v) is 8.08. The Labute approximate surface area is 126 Å². The summed E-state index contributed by atoms with van der Waals surface area (Å²) < 4.78 is 1.11. The van der Waals surface area contributed by atoms with Crippen molar-refractivity contribution in [3.05, 3.63) is 28.2 Å². The van der Waals surface area contributed by atoms with Gasteiger partial charge in [-0.15, -0.1) is 0 Å². The van der Waals surface area contributed by atoms with E-state index in [2.05, 4.69) is 59.8 Å². The highest BCUT2D eigenvalue weighted by Crippen LogP contribution is 2.28. The van der Waals surface area contributed by atoms with Crippen molar-refractivity contribution in [3.63, 3.8) is 0 Å². The second-order valence-corrected chi connectivity index (χ2v) is 6.34. The number of unbranched alkanes of at least 4 members (excludes halogenated alkanes) is 2. The summed E-state index contributed by atoms with van der Waals surface area (Å²) in [4.78, 5) is 2.46. The molecule has 1 aromatic carbocycles. The van der Waals surface area contributed by atoms with E-state index < -0.39 is 0 Å². The molecule has 0 aliphatic heterocycles. The van der Waals surface area contributed by atoms with E-state index in [1.165, 1.54) is 30.5 Å². The second kappa shape index (κ2) is 7.91. The van der Waals surface area contributed by atoms with Crippen LogP contribution in [-0.4, -0.2) is 12.6 Å². The minimum Gasteiger partial charge on any atom is -0.369 e. The van der Waals surface area contributed by atoms with Gasteiger partial charge in [-0.2, -0.15) is 0 Å². The third-order valence-corrected chi connectivity index (χ3v) is 4.12. The SMILES string of the molecule is CCCCCN(c1ccc([C@H](C)N)c(Br)c1)C(C)C. The van der Waals surface area contributed by atoms with Gasteiger partial charge in [0, 0.05) is 28.8 Å². The summed E-state index contributed by atoms with van der Waals surface area (Å²) in [5, 5.41) is 0. The Balaban J connectivity index is 2.87. The number of nitrogens with two attached hydrogens (primary N) is 1. The topological polar surface area (TPSA) is 29.3 Å². The van der Waals surface area contributed by atoms with Crippen molar-refractivity contribution >= 4 is 21.6 Å². The van der Waals surface area contributed by atoms with Gasteiger partial charge in [-0.3, -0.25) is 0 Å². The first-order valence-electron chi connectivity index (χ1n) is 7.29. The fourth-order valence-corrected chi connectivity index (χ4v) is 3.01. The zero-order valence-corrected chi connectivity index (χ0v) is 14.2. The molecule has 0 saturated heterocycles. The maximum absolute atomic E-state index is 5.96. The summed E-state index contributed by atoms with van der Waals surface area (Å²) >= 11 is 3.64. The number of hydrogen-bond acceptors (Lipinski definition) is 2. The van der Waals surface area contributed by atoms with Crippen LogP contribution in [0.1, 0.15) is 58.6 Å². The standard InChI is InChI=1S/C16H27BrN2/c1-5-6-7-10-19(12(2)3)14-8-9-15(13(4)18)16(17)11-14/h8-9,11-13H,5-7,10,18H2,1-4H3/t13-/m0/s1. The maximum atomic E-state index is 5.96. The summed E-state index contributed by atoms with van der Waals surface area (Å²) in [5.74, 6) is 0. The number of halogens is 1. The molecule has 0 radical (unpaired) electrons. The van der Waals surface area contributed by atoms with Gasteiger partial charge in [0.15, 0.2) is 0 Å². The molecular weight excluding hydrogens is 300 g/mol. The summed E-state index contributed by atoms with van der Waals surface area (Å²) in [5.41, 5.74) is 8.40. The Bertz CT molecular complexity index is 388. The largest absolute Gasteiger partial charge is 0.369 e. The van der Waals surface area contributed by atoms with Crippen LogP contribution >= 0.6 is 15.9 Å². The quantitative estimate of drug-likeness (QED) is 0.724. The van der Waals surface area contributed by atoms with Crippen LogP contribution in [0.5, 0.6) is 0 Å². The van der Waals surface area contributed by atoms with Crippen LogP contribution in [0.4, 0.5) is 5.69 Å². The smallest absolute Gasteiger partial charge is 0.0380 e. The second-order valence-electron chi connectivity index (χ2n) is 5.49. The number of nitrogens with zero attached hydrogens (tertiary/aromatic N) is 1. The molecule has 1 atom stereocenters. The van der Waals surface area contributed by atoms with Crippen molar-refractivity contribution in [2.45, 2.75) is 59.0 Å². The van der Waals surface area contributed by atoms with E-state index >= 15 is 0 Å². The third kappa shape index (κ3) is 4.81. The lowest BCUT2D eigenvalue weighted by atomic mass is 10.1. The van der Waals surface area contributed by atoms with E-state index in [-0.39, 0.29) is 6.04 Å². The molecule has 19 heavy (non-hydrogen) atoms. The van der Waals surface area contributed by atoms with Crippen LogP contribution in [-0.2, 0) is 0 Å². The lowest BCUT2D eigenvalue weighted by Crippen LogP contribution is -2.31. The molecule has 0 aliphatic rings. The molecule has 0 saturated carbocycles. The van der Waals surface area contributed by atoms with Gasteiger partial charge in [-0.25, -0.2) is 0 Å². The highest BCUT2D eigenvalue weighted by Gasteiger charge is 2.13. The molecule has 0 spiro atoms. The summed E-state index contributed by atoms with van der Waals surface area (Å²) in [6, 6.07) is 7.11. The predicted octanol–water partition coefficient (Wildman–Crippen LogP) is 4.87. The molecule has 0 bridgehead atoms. The molecule has 0 unspecified atom stereocenters. The molecular formula is C16H27BrN2. The highest BCUT2D eigenvalue weighted by molar-refractivity contribution is 9.10. The van der Waals surface area contributed by atoms with Crippen molar-refractivity contribution < 1.29 is 0 Å². The Morgan fingerprint density at radius 1 is 1.21 bits per heavy atom. The number of anilines is 1. The molecule has 2 N–H and O–H groups in total. The number of rotatable bonds is 7. The van der Waals surface area contributed by atoms with Crippen LogP contribution in [0.25, 0.3) is 0 Å². The minimum atomic E-state index is 0.0658. The summed E-state index contributed by atoms with van der Waals surface area (Å²) in [6.45, 7) is 9.88. The lowest BCUT2D eigenvalue weighted by Gasteiger charge is -2.29. The van der Waals surface area contributed by atoms with Crippen molar-refractivity contribution in [2.24, 2.45) is 5.73 Å². The molecule has 0 aromatic heterocycles. The predicted molar refractivity (Wildman–Crippen MR) is 88.8 cm³/mol. The Morgan fingerprint density at radius 2 is 1.89 bits per heavy atom. The first kappa shape index (κ1) is 16.5. The molecule has 0 aliphatic carbocycles. The summed E-state index contributed by atoms with van der Waals surface area (Å²) in [6.07, 6.45) is 3.81. The van der Waals surface area contributed by atoms with Crippen molar-refractivity contribution in [1.29, 1.82) is 0 Å². The zero-order chi connectivity index (χ0) is 14.4. The molecule has 2 nitrogen and oxygen atoms in total. The third-order valence-electron chi connectivity index (χ3n) is 3.43. The van der Waals surface area contributed by atoms with Gasteiger partial charge in [-0.05, 0) is 44.9 Å². The molecule has 0 amide bonds. The molecule has 0 fully saturated rings. The summed E-state index contributed by atoms with van der Waals surface area (Å²) in [7, 11) is 0. The Morgan fingerprint density at radius 3 is 2.37 bits per heavy atom. The van der Waals surface area contributed by atoms with Crippen LogP contribution in [0, 0.1) is 0 Å². The van der Waals surface area contributed by atoms with Crippen molar-refractivity contribution in [1.82, 2.24) is 0 Å². The molecule has 0 heterocycles. The van der Waals surface area contributed by atoms with Gasteiger partial charge in [0.25, 0.3) is 0 Å². The lowest BCUT2D eigenvalue weighted by molar-refractivity contribution is 0.625. The zero-order valence-electron chi connectivity index (χ0n) is 12.6. The van der Waals surface area contributed by atoms with Gasteiger partial charge in [0.1, 0.15) is 0 Å². The van der Waals surface area contributed by atoms with Crippen LogP contribution < -0.4 is 10.6 Å². The Kier molecular flexibility index (Phi) is 6.87. The fourth-order valence-electron chi connectivity index (χ4n) is 2.28. The normalized spacial score (nSPS) is 12.8. The fraction of sp³-hybridized carbons (Fsp3) is 0.625. The number of benzene rings is 1. The van der Waals surface area contributed by atoms with Crippen LogP contribution in [0.15, 0.2) is 22.7 Å². The molecule has 108 valence electrons. The highest BCUT2D eigenvalue weighted by atomic mass is 79.9. The van der Waals surface area contributed by atoms with E-state index in [0.717, 1.165) is 11.0 Å². The Hall–Kier alpha value is -0.540. The van der Waals surface area contributed by atoms with Crippen molar-refractivity contribution in [3.8, 4) is 0 Å². The van der Waals surface area contributed by atoms with E-state index in [4.69, 9.17) is 5.73 Å². The van der Waals surface area contributed by atoms with Gasteiger partial charge in [0.2, 0.25) is 0 Å². The van der Waals surface area contributed by atoms with E-state index in [1.807, 2.05) is 6.92 Å². The average molecular weight is 327 g/mol. The number of hydrogen-bond donors (Lipinski definition) is 1. The van der Waals surface area contributed by atoms with Gasteiger partial charge in [-0.1, -0.05) is 41.8 Å². The first-order chi connectivity index (χ1) is 8.97. The van der Waals surface area contributed by atoms with Gasteiger partial charge in [0.05, 0.1) is 0 Å². The van der Waals surface area contributed by atoms with Crippen molar-refractivity contribution in [2.75, 3.05) is 11.4 Å². The van der Waals surface area contributed by atoms with Crippen LogP contribution in [0.3, 0.4) is 0 Å². The molecule has 3 heteroatoms. The van der Waals surface area contributed by atoms with E-state index in [0.29, 0.717) is 6.04 Å². The van der Waals surface area contributed by atoms with Gasteiger partial charge < -0.3 is 10.6 Å². The van der Waals surface area contributed by atoms with E-state index in [9.17, 15) is 0 Å². The van der Waals surface area contributed by atoms with E-state index in [1.54, 1.807) is 0 Å². The molecule has 1 rings (SSSR count). The molecule has 1 aromatic rings. The van der Waals surface area contributed by atoms with Gasteiger partial charge >= 0.3 is 0 Å². The monoisotopic (exact) mass is 326 g/mol. The van der Waals surface area contributed by atoms with Crippen LogP contribution in [0.2, 0.25) is 0 Å². The maximum Gasteiger partial charge on any atom is 0.0380 e. The average Bonchev–Trinajstić information content (AvgIpc) is 2.33.